The smallest absolute Gasteiger partial charge is 0.275 e. The standard InChI is InChI=1S/C19H16N6O/c1-11-7-8-13-14(9-11)25-18(24-13)16-17(20)21-10-15(23-16)19(26)22-12-5-3-2-4-6-12/h2-10H,1H3,(H2,20,21)(H,22,26)(H,24,25). The monoisotopic (exact) mass is 344 g/mol. The predicted molar refractivity (Wildman–Crippen MR) is 101 cm³/mol. The van der Waals surface area contributed by atoms with E-state index >= 15 is 0 Å². The molecule has 0 radical (unpaired) electrons. The van der Waals surface area contributed by atoms with Crippen LogP contribution in [0.2, 0.25) is 0 Å². The van der Waals surface area contributed by atoms with E-state index in [1.807, 2.05) is 43.3 Å². The molecule has 0 fully saturated rings. The summed E-state index contributed by atoms with van der Waals surface area (Å²) in [7, 11) is 0. The van der Waals surface area contributed by atoms with Crippen molar-refractivity contribution < 1.29 is 4.79 Å². The van der Waals surface area contributed by atoms with E-state index in [9.17, 15) is 4.79 Å². The molecule has 0 aliphatic heterocycles. The molecule has 4 N–H and O–H groups in total. The van der Waals surface area contributed by atoms with Crippen LogP contribution in [0, 0.1) is 6.92 Å². The highest BCUT2D eigenvalue weighted by molar-refractivity contribution is 6.03. The highest BCUT2D eigenvalue weighted by Gasteiger charge is 2.16. The molecule has 1 amide bonds. The zero-order valence-corrected chi connectivity index (χ0v) is 14.0. The number of rotatable bonds is 3. The number of imidazole rings is 1. The molecule has 0 spiro atoms. The first kappa shape index (κ1) is 15.8. The maximum atomic E-state index is 12.4. The number of carbonyl (C=O) groups is 1. The molecule has 0 unspecified atom stereocenters. The third kappa shape index (κ3) is 2.98. The van der Waals surface area contributed by atoms with E-state index in [0.717, 1.165) is 16.6 Å². The number of benzene rings is 2. The lowest BCUT2D eigenvalue weighted by Gasteiger charge is -2.06. The number of carbonyl (C=O) groups excluding carboxylic acids is 1. The van der Waals surface area contributed by atoms with E-state index < -0.39 is 0 Å². The third-order valence-electron chi connectivity index (χ3n) is 3.93. The number of nitrogen functional groups attached to an aromatic ring is 1. The Morgan fingerprint density at radius 3 is 2.73 bits per heavy atom. The number of fused-ring (bicyclic) bond motifs is 1. The number of nitrogens with one attached hydrogen (secondary N) is 2. The summed E-state index contributed by atoms with van der Waals surface area (Å²) in [5.41, 5.74) is 9.93. The topological polar surface area (TPSA) is 110 Å². The van der Waals surface area contributed by atoms with Gasteiger partial charge in [0.2, 0.25) is 0 Å². The van der Waals surface area contributed by atoms with Gasteiger partial charge in [0, 0.05) is 5.69 Å². The summed E-state index contributed by atoms with van der Waals surface area (Å²) in [5.74, 6) is 0.318. The second kappa shape index (κ2) is 6.29. The van der Waals surface area contributed by atoms with Crippen molar-refractivity contribution in [1.29, 1.82) is 0 Å². The van der Waals surface area contributed by atoms with Crippen LogP contribution in [-0.4, -0.2) is 25.8 Å². The minimum absolute atomic E-state index is 0.162. The Kier molecular flexibility index (Phi) is 3.81. The highest BCUT2D eigenvalue weighted by Crippen LogP contribution is 2.23. The van der Waals surface area contributed by atoms with E-state index in [1.165, 1.54) is 6.20 Å². The molecule has 4 aromatic rings. The molecule has 128 valence electrons. The van der Waals surface area contributed by atoms with Crippen molar-refractivity contribution in [3.05, 3.63) is 66.0 Å². The van der Waals surface area contributed by atoms with E-state index in [1.54, 1.807) is 12.1 Å². The molecule has 0 bridgehead atoms. The number of hydrogen-bond acceptors (Lipinski definition) is 5. The van der Waals surface area contributed by atoms with Crippen LogP contribution in [0.1, 0.15) is 16.1 Å². The van der Waals surface area contributed by atoms with Crippen LogP contribution in [-0.2, 0) is 0 Å². The summed E-state index contributed by atoms with van der Waals surface area (Å²) in [5, 5.41) is 2.78. The molecule has 0 saturated carbocycles. The zero-order chi connectivity index (χ0) is 18.1. The molecule has 4 rings (SSSR count). The molecule has 0 aliphatic carbocycles. The number of hydrogen-bond donors (Lipinski definition) is 3. The number of aromatic nitrogens is 4. The fraction of sp³-hybridized carbons (Fsp3) is 0.0526. The maximum Gasteiger partial charge on any atom is 0.275 e. The predicted octanol–water partition coefficient (Wildman–Crippen LogP) is 3.16. The molecule has 2 heterocycles. The van der Waals surface area contributed by atoms with Crippen molar-refractivity contribution in [2.45, 2.75) is 6.92 Å². The molecule has 2 aromatic heterocycles. The van der Waals surface area contributed by atoms with E-state index in [0.29, 0.717) is 17.2 Å². The number of H-pyrrole nitrogens is 1. The number of aromatic amines is 1. The van der Waals surface area contributed by atoms with Gasteiger partial charge in [0.05, 0.1) is 17.2 Å². The summed E-state index contributed by atoms with van der Waals surface area (Å²) in [6.07, 6.45) is 1.35. The quantitative estimate of drug-likeness (QED) is 0.529. The number of amides is 1. The lowest BCUT2D eigenvalue weighted by Crippen LogP contribution is -2.15. The van der Waals surface area contributed by atoms with Crippen LogP contribution >= 0.6 is 0 Å². The van der Waals surface area contributed by atoms with Gasteiger partial charge < -0.3 is 16.0 Å². The largest absolute Gasteiger partial charge is 0.382 e. The maximum absolute atomic E-state index is 12.4. The molecule has 7 nitrogen and oxygen atoms in total. The van der Waals surface area contributed by atoms with Crippen molar-refractivity contribution in [1.82, 2.24) is 19.9 Å². The first-order valence-electron chi connectivity index (χ1n) is 8.06. The van der Waals surface area contributed by atoms with Crippen molar-refractivity contribution in [3.8, 4) is 11.5 Å². The normalized spacial score (nSPS) is 10.8. The lowest BCUT2D eigenvalue weighted by molar-refractivity contribution is 0.102. The Morgan fingerprint density at radius 1 is 1.12 bits per heavy atom. The van der Waals surface area contributed by atoms with Crippen LogP contribution in [0.15, 0.2) is 54.7 Å². The zero-order valence-electron chi connectivity index (χ0n) is 14.0. The van der Waals surface area contributed by atoms with Crippen molar-refractivity contribution in [2.24, 2.45) is 0 Å². The van der Waals surface area contributed by atoms with E-state index in [4.69, 9.17) is 5.73 Å². The average molecular weight is 344 g/mol. The van der Waals surface area contributed by atoms with Crippen molar-refractivity contribution in [3.63, 3.8) is 0 Å². The Morgan fingerprint density at radius 2 is 1.92 bits per heavy atom. The van der Waals surface area contributed by atoms with Crippen molar-refractivity contribution in [2.75, 3.05) is 11.1 Å². The van der Waals surface area contributed by atoms with Gasteiger partial charge in [-0.05, 0) is 36.8 Å². The van der Waals surface area contributed by atoms with Gasteiger partial charge in [-0.1, -0.05) is 24.3 Å². The first-order valence-corrected chi connectivity index (χ1v) is 8.06. The Labute approximate surface area is 149 Å². The van der Waals surface area contributed by atoms with Crippen LogP contribution < -0.4 is 11.1 Å². The summed E-state index contributed by atoms with van der Waals surface area (Å²) < 4.78 is 0. The molecule has 0 aliphatic rings. The second-order valence-electron chi connectivity index (χ2n) is 5.92. The van der Waals surface area contributed by atoms with Gasteiger partial charge >= 0.3 is 0 Å². The first-order chi connectivity index (χ1) is 12.6. The molecule has 2 aromatic carbocycles. The minimum atomic E-state index is -0.364. The summed E-state index contributed by atoms with van der Waals surface area (Å²) in [4.78, 5) is 28.6. The molecular formula is C19H16N6O. The SMILES string of the molecule is Cc1ccc2nc(-c3nc(C(=O)Nc4ccccc4)cnc3N)[nH]c2c1. The number of aryl methyl sites for hydroxylation is 1. The Balaban J connectivity index is 1.70. The molecular weight excluding hydrogens is 328 g/mol. The summed E-state index contributed by atoms with van der Waals surface area (Å²) >= 11 is 0. The molecule has 26 heavy (non-hydrogen) atoms. The number of nitrogens with two attached hydrogens (primary N) is 1. The lowest BCUT2D eigenvalue weighted by atomic mass is 10.2. The highest BCUT2D eigenvalue weighted by atomic mass is 16.1. The van der Waals surface area contributed by atoms with Crippen LogP contribution in [0.4, 0.5) is 11.5 Å². The minimum Gasteiger partial charge on any atom is -0.382 e. The van der Waals surface area contributed by atoms with Gasteiger partial charge in [0.1, 0.15) is 11.4 Å². The van der Waals surface area contributed by atoms with Crippen LogP contribution in [0.3, 0.4) is 0 Å². The average Bonchev–Trinajstić information content (AvgIpc) is 3.05. The van der Waals surface area contributed by atoms with Gasteiger partial charge in [-0.25, -0.2) is 15.0 Å². The van der Waals surface area contributed by atoms with E-state index in [2.05, 4.69) is 25.3 Å². The summed E-state index contributed by atoms with van der Waals surface area (Å²) in [6, 6.07) is 15.0. The Hall–Kier alpha value is -3.74. The van der Waals surface area contributed by atoms with Gasteiger partial charge in [-0.15, -0.1) is 0 Å². The fourth-order valence-electron chi connectivity index (χ4n) is 2.63. The molecule has 0 atom stereocenters. The number of anilines is 2. The van der Waals surface area contributed by atoms with Gasteiger partial charge in [-0.3, -0.25) is 4.79 Å². The second-order valence-corrected chi connectivity index (χ2v) is 5.92. The van der Waals surface area contributed by atoms with E-state index in [-0.39, 0.29) is 17.4 Å². The number of para-hydroxylation sites is 1. The van der Waals surface area contributed by atoms with Gasteiger partial charge in [-0.2, -0.15) is 0 Å². The van der Waals surface area contributed by atoms with Gasteiger partial charge in [0.15, 0.2) is 11.6 Å². The fourth-order valence-corrected chi connectivity index (χ4v) is 2.63. The third-order valence-corrected chi connectivity index (χ3v) is 3.93. The van der Waals surface area contributed by atoms with Crippen molar-refractivity contribution >= 4 is 28.4 Å². The van der Waals surface area contributed by atoms with Crippen LogP contribution in [0.5, 0.6) is 0 Å². The summed E-state index contributed by atoms with van der Waals surface area (Å²) in [6.45, 7) is 2.00. The van der Waals surface area contributed by atoms with Crippen LogP contribution in [0.25, 0.3) is 22.6 Å². The number of nitrogens with zero attached hydrogens (tertiary/aromatic N) is 3. The molecule has 7 heteroatoms. The molecule has 0 saturated heterocycles. The van der Waals surface area contributed by atoms with Gasteiger partial charge in [0.25, 0.3) is 5.91 Å². The Bertz CT molecular complexity index is 1100.